The lowest BCUT2D eigenvalue weighted by Gasteiger charge is -1.99. The summed E-state index contributed by atoms with van der Waals surface area (Å²) in [7, 11) is 0. The van der Waals surface area contributed by atoms with Crippen molar-refractivity contribution < 1.29 is 4.57 Å². The van der Waals surface area contributed by atoms with Crippen molar-refractivity contribution in [1.29, 1.82) is 0 Å². The fourth-order valence-corrected chi connectivity index (χ4v) is 1.68. The van der Waals surface area contributed by atoms with Gasteiger partial charge in [0, 0.05) is 12.8 Å². The van der Waals surface area contributed by atoms with E-state index in [1.54, 1.807) is 6.66 Å². The van der Waals surface area contributed by atoms with E-state index in [2.05, 4.69) is 6.92 Å². The third-order valence-corrected chi connectivity index (χ3v) is 2.53. The monoisotopic (exact) mass is 154 g/mol. The van der Waals surface area contributed by atoms with Crippen LogP contribution in [0.3, 0.4) is 0 Å². The normalized spacial score (nSPS) is 17.9. The van der Waals surface area contributed by atoms with Gasteiger partial charge in [-0.3, -0.25) is 0 Å². The van der Waals surface area contributed by atoms with E-state index in [9.17, 15) is 4.57 Å². The summed E-state index contributed by atoms with van der Waals surface area (Å²) in [6.07, 6.45) is 2.74. The average Bonchev–Trinajstić information content (AvgIpc) is 1.59. The zero-order chi connectivity index (χ0) is 6.62. The molecule has 0 aromatic rings. The van der Waals surface area contributed by atoms with E-state index in [-0.39, 0.29) is 0 Å². The van der Waals surface area contributed by atoms with Crippen molar-refractivity contribution in [1.82, 2.24) is 0 Å². The summed E-state index contributed by atoms with van der Waals surface area (Å²) >= 11 is 5.47. The molecule has 0 rings (SSSR count). The second kappa shape index (κ2) is 3.53. The fourth-order valence-electron chi connectivity index (χ4n) is 0.441. The summed E-state index contributed by atoms with van der Waals surface area (Å²) in [5.74, 6) is 0. The van der Waals surface area contributed by atoms with Crippen molar-refractivity contribution in [2.75, 3.05) is 12.8 Å². The zero-order valence-electron chi connectivity index (χ0n) is 5.35. The minimum absolute atomic E-state index is 0.686. The maximum Gasteiger partial charge on any atom is 0.166 e. The Bertz CT molecular complexity index is 96.6. The molecular formula is C5H12ClOP. The molecule has 0 aromatic heterocycles. The Balaban J connectivity index is 3.26. The Kier molecular flexibility index (Phi) is 3.76. The van der Waals surface area contributed by atoms with Crippen LogP contribution in [0.2, 0.25) is 0 Å². The first kappa shape index (κ1) is 8.52. The van der Waals surface area contributed by atoms with Gasteiger partial charge in [-0.25, -0.2) is 0 Å². The fraction of sp³-hybridized carbons (Fsp3) is 1.00. The van der Waals surface area contributed by atoms with E-state index >= 15 is 0 Å². The third-order valence-electron chi connectivity index (χ3n) is 0.911. The molecule has 0 fully saturated rings. The summed E-state index contributed by atoms with van der Waals surface area (Å²) in [4.78, 5) is 0. The van der Waals surface area contributed by atoms with Crippen molar-refractivity contribution in [3.05, 3.63) is 0 Å². The average molecular weight is 155 g/mol. The smallest absolute Gasteiger partial charge is 0.166 e. The van der Waals surface area contributed by atoms with Crippen molar-refractivity contribution in [2.24, 2.45) is 0 Å². The lowest BCUT2D eigenvalue weighted by molar-refractivity contribution is 0.585. The van der Waals surface area contributed by atoms with Gasteiger partial charge in [0.25, 0.3) is 0 Å². The Labute approximate surface area is 55.6 Å². The van der Waals surface area contributed by atoms with Crippen molar-refractivity contribution in [3.63, 3.8) is 0 Å². The maximum atomic E-state index is 10.7. The van der Waals surface area contributed by atoms with Gasteiger partial charge in [0.2, 0.25) is 0 Å². The number of hydrogen-bond acceptors (Lipinski definition) is 1. The molecule has 0 bridgehead atoms. The number of halogens is 1. The van der Waals surface area contributed by atoms with Crippen LogP contribution in [-0.2, 0) is 4.57 Å². The number of hydrogen-bond donors (Lipinski definition) is 0. The Morgan fingerprint density at radius 1 is 1.62 bits per heavy atom. The summed E-state index contributed by atoms with van der Waals surface area (Å²) in [6.45, 7) is 1.47. The molecule has 0 heterocycles. The lowest BCUT2D eigenvalue weighted by atomic mass is 10.4. The molecule has 1 nitrogen and oxygen atoms in total. The standard InChI is InChI=1S/C5H12ClOP/c1-3-4-5-8(2,6)7/h3-5H2,1-2H3. The minimum Gasteiger partial charge on any atom is -0.307 e. The molecule has 0 aliphatic heterocycles. The number of unbranched alkanes of at least 4 members (excludes halogenated alkanes) is 1. The van der Waals surface area contributed by atoms with Gasteiger partial charge in [-0.2, -0.15) is 0 Å². The maximum absolute atomic E-state index is 10.7. The molecule has 0 aromatic carbocycles. The second-order valence-corrected chi connectivity index (χ2v) is 6.63. The van der Waals surface area contributed by atoms with Crippen LogP contribution in [0.25, 0.3) is 0 Å². The summed E-state index contributed by atoms with van der Waals surface area (Å²) in [5, 5.41) is 0. The molecule has 0 aliphatic rings. The van der Waals surface area contributed by atoms with Crippen molar-refractivity contribution in [3.8, 4) is 0 Å². The summed E-state index contributed by atoms with van der Waals surface area (Å²) < 4.78 is 10.7. The van der Waals surface area contributed by atoms with Gasteiger partial charge in [-0.15, -0.1) is 0 Å². The molecule has 0 spiro atoms. The topological polar surface area (TPSA) is 17.1 Å². The molecule has 0 saturated heterocycles. The van der Waals surface area contributed by atoms with Crippen molar-refractivity contribution >= 4 is 17.7 Å². The molecule has 0 aliphatic carbocycles. The highest BCUT2D eigenvalue weighted by Crippen LogP contribution is 2.47. The van der Waals surface area contributed by atoms with E-state index in [4.69, 9.17) is 11.2 Å². The molecule has 0 radical (unpaired) electrons. The van der Waals surface area contributed by atoms with Crippen LogP contribution in [0.5, 0.6) is 0 Å². The van der Waals surface area contributed by atoms with Crippen LogP contribution >= 0.6 is 17.7 Å². The van der Waals surface area contributed by atoms with Crippen LogP contribution in [0.15, 0.2) is 0 Å². The molecule has 0 N–H and O–H groups in total. The van der Waals surface area contributed by atoms with Gasteiger partial charge < -0.3 is 4.57 Å². The summed E-state index contributed by atoms with van der Waals surface area (Å²) in [6, 6.07) is 0. The largest absolute Gasteiger partial charge is 0.307 e. The zero-order valence-corrected chi connectivity index (χ0v) is 7.01. The van der Waals surface area contributed by atoms with Gasteiger partial charge >= 0.3 is 0 Å². The molecule has 3 heteroatoms. The predicted octanol–water partition coefficient (Wildman–Crippen LogP) is 2.93. The summed E-state index contributed by atoms with van der Waals surface area (Å²) in [5.41, 5.74) is 0. The van der Waals surface area contributed by atoms with Crippen LogP contribution in [0, 0.1) is 0 Å². The van der Waals surface area contributed by atoms with Crippen LogP contribution in [0.1, 0.15) is 19.8 Å². The van der Waals surface area contributed by atoms with E-state index in [0.717, 1.165) is 12.8 Å². The van der Waals surface area contributed by atoms with Crippen molar-refractivity contribution in [2.45, 2.75) is 19.8 Å². The van der Waals surface area contributed by atoms with Gasteiger partial charge in [0.05, 0.1) is 0 Å². The SMILES string of the molecule is CCCCP(C)(=O)Cl. The highest BCUT2D eigenvalue weighted by molar-refractivity contribution is 7.88. The van der Waals surface area contributed by atoms with E-state index < -0.39 is 6.49 Å². The van der Waals surface area contributed by atoms with Gasteiger partial charge in [-0.1, -0.05) is 24.6 Å². The first-order valence-corrected chi connectivity index (χ1v) is 6.07. The quantitative estimate of drug-likeness (QED) is 0.572. The lowest BCUT2D eigenvalue weighted by Crippen LogP contribution is -1.78. The van der Waals surface area contributed by atoms with Crippen LogP contribution in [0.4, 0.5) is 0 Å². The van der Waals surface area contributed by atoms with E-state index in [1.165, 1.54) is 0 Å². The third kappa shape index (κ3) is 6.52. The van der Waals surface area contributed by atoms with Crippen LogP contribution < -0.4 is 0 Å². The van der Waals surface area contributed by atoms with Gasteiger partial charge in [-0.05, 0) is 6.42 Å². The highest BCUT2D eigenvalue weighted by Gasteiger charge is 2.06. The van der Waals surface area contributed by atoms with E-state index in [1.807, 2.05) is 0 Å². The minimum atomic E-state index is -2.21. The van der Waals surface area contributed by atoms with E-state index in [0.29, 0.717) is 6.16 Å². The number of rotatable bonds is 3. The van der Waals surface area contributed by atoms with Crippen LogP contribution in [-0.4, -0.2) is 12.8 Å². The molecule has 1 atom stereocenters. The highest BCUT2D eigenvalue weighted by atomic mass is 35.7. The van der Waals surface area contributed by atoms with Gasteiger partial charge in [0.1, 0.15) is 0 Å². The molecule has 50 valence electrons. The Morgan fingerprint density at radius 2 is 2.12 bits per heavy atom. The first-order chi connectivity index (χ1) is 3.56. The molecule has 8 heavy (non-hydrogen) atoms. The Morgan fingerprint density at radius 3 is 2.25 bits per heavy atom. The molecule has 0 amide bonds. The molecule has 0 saturated carbocycles. The second-order valence-electron chi connectivity index (χ2n) is 2.06. The first-order valence-electron chi connectivity index (χ1n) is 2.82. The van der Waals surface area contributed by atoms with Gasteiger partial charge in [0.15, 0.2) is 6.49 Å². The molecular weight excluding hydrogens is 142 g/mol. The molecule has 1 unspecified atom stereocenters. The predicted molar refractivity (Wildman–Crippen MR) is 39.2 cm³/mol. The Hall–Kier alpha value is 0.520.